The first-order chi connectivity index (χ1) is 14.4. The molecular formula is C25H22N3S. The number of rotatable bonds is 4. The molecule has 1 fully saturated rings. The molecule has 4 aromatic rings. The molecule has 143 valence electrons. The van der Waals surface area contributed by atoms with Crippen LogP contribution in [0, 0.1) is 6.20 Å². The van der Waals surface area contributed by atoms with Crippen LogP contribution >= 0.6 is 11.3 Å². The molecule has 2 atom stereocenters. The van der Waals surface area contributed by atoms with Crippen molar-refractivity contribution in [3.63, 3.8) is 0 Å². The summed E-state index contributed by atoms with van der Waals surface area (Å²) in [6, 6.07) is 32.9. The van der Waals surface area contributed by atoms with Crippen LogP contribution in [0.1, 0.15) is 23.2 Å². The normalized spacial score (nSPS) is 19.3. The van der Waals surface area contributed by atoms with E-state index in [-0.39, 0.29) is 12.1 Å². The Kier molecular flexibility index (Phi) is 5.01. The number of benzene rings is 3. The zero-order valence-electron chi connectivity index (χ0n) is 16.1. The van der Waals surface area contributed by atoms with Crippen molar-refractivity contribution >= 4 is 22.0 Å². The summed E-state index contributed by atoms with van der Waals surface area (Å²) < 4.78 is 0. The minimum atomic E-state index is 0.230. The van der Waals surface area contributed by atoms with E-state index in [4.69, 9.17) is 0 Å². The maximum absolute atomic E-state index is 4.21. The second-order valence-corrected chi connectivity index (χ2v) is 8.10. The van der Waals surface area contributed by atoms with Crippen LogP contribution < -0.4 is 9.80 Å². The molecule has 1 radical (unpaired) electrons. The minimum Gasteiger partial charge on any atom is -0.357 e. The van der Waals surface area contributed by atoms with Gasteiger partial charge in [0.2, 0.25) is 0 Å². The van der Waals surface area contributed by atoms with E-state index in [1.54, 1.807) is 11.3 Å². The Hall–Kier alpha value is -3.11. The molecule has 0 bridgehead atoms. The third-order valence-corrected chi connectivity index (χ3v) is 6.33. The van der Waals surface area contributed by atoms with E-state index in [0.29, 0.717) is 0 Å². The Morgan fingerprint density at radius 3 is 1.72 bits per heavy atom. The Morgan fingerprint density at radius 2 is 1.24 bits per heavy atom. The maximum Gasteiger partial charge on any atom is 0.126 e. The summed E-state index contributed by atoms with van der Waals surface area (Å²) in [4.78, 5) is 9.23. The standard InChI is InChI=1S/C25H22N3S/c1-4-10-20(11-5-1)23-17-27(25-16-26-19-29-25)18-24(21-12-6-2-7-13-21)28(23)22-14-8-3-9-15-22/h1-15,19,23-24H,17-18H2. The van der Waals surface area contributed by atoms with Gasteiger partial charge in [0, 0.05) is 18.8 Å². The third-order valence-electron chi connectivity index (χ3n) is 5.55. The molecule has 29 heavy (non-hydrogen) atoms. The number of thiazole rings is 1. The van der Waals surface area contributed by atoms with Crippen molar-refractivity contribution in [3.05, 3.63) is 114 Å². The predicted octanol–water partition coefficient (Wildman–Crippen LogP) is 5.75. The van der Waals surface area contributed by atoms with E-state index in [2.05, 4.69) is 112 Å². The van der Waals surface area contributed by atoms with Crippen LogP contribution in [0.5, 0.6) is 0 Å². The third kappa shape index (κ3) is 3.64. The van der Waals surface area contributed by atoms with Crippen LogP contribution in [-0.4, -0.2) is 18.1 Å². The minimum absolute atomic E-state index is 0.230. The fraction of sp³-hybridized carbons (Fsp3) is 0.160. The van der Waals surface area contributed by atoms with Gasteiger partial charge in [-0.2, -0.15) is 0 Å². The van der Waals surface area contributed by atoms with Crippen molar-refractivity contribution in [2.75, 3.05) is 22.9 Å². The molecule has 1 saturated heterocycles. The number of para-hydroxylation sites is 1. The van der Waals surface area contributed by atoms with Gasteiger partial charge in [0.15, 0.2) is 0 Å². The van der Waals surface area contributed by atoms with E-state index < -0.39 is 0 Å². The fourth-order valence-electron chi connectivity index (χ4n) is 4.22. The topological polar surface area (TPSA) is 19.4 Å². The molecule has 0 aliphatic carbocycles. The van der Waals surface area contributed by atoms with Gasteiger partial charge in [-0.25, -0.2) is 4.98 Å². The highest BCUT2D eigenvalue weighted by Gasteiger charge is 2.36. The number of nitrogens with zero attached hydrogens (tertiary/aromatic N) is 3. The van der Waals surface area contributed by atoms with Gasteiger partial charge in [0.05, 0.1) is 17.6 Å². The first-order valence-electron chi connectivity index (χ1n) is 9.89. The highest BCUT2D eigenvalue weighted by Crippen LogP contribution is 2.41. The number of hydrogen-bond donors (Lipinski definition) is 0. The van der Waals surface area contributed by atoms with Crippen molar-refractivity contribution in [2.24, 2.45) is 0 Å². The molecule has 2 unspecified atom stereocenters. The van der Waals surface area contributed by atoms with Crippen molar-refractivity contribution in [2.45, 2.75) is 12.1 Å². The largest absolute Gasteiger partial charge is 0.357 e. The van der Waals surface area contributed by atoms with Gasteiger partial charge in [0.1, 0.15) is 11.2 Å². The lowest BCUT2D eigenvalue weighted by Gasteiger charge is -2.49. The predicted molar refractivity (Wildman–Crippen MR) is 120 cm³/mol. The molecule has 4 heteroatoms. The molecule has 0 N–H and O–H groups in total. The van der Waals surface area contributed by atoms with Crippen LogP contribution in [0.25, 0.3) is 0 Å². The lowest BCUT2D eigenvalue weighted by atomic mass is 9.94. The van der Waals surface area contributed by atoms with Gasteiger partial charge in [-0.3, -0.25) is 0 Å². The first-order valence-corrected chi connectivity index (χ1v) is 10.8. The maximum atomic E-state index is 4.21. The van der Waals surface area contributed by atoms with Crippen LogP contribution in [0.2, 0.25) is 0 Å². The van der Waals surface area contributed by atoms with Gasteiger partial charge in [-0.05, 0) is 23.3 Å². The molecule has 0 amide bonds. The van der Waals surface area contributed by atoms with Gasteiger partial charge in [-0.1, -0.05) is 78.9 Å². The molecule has 1 aliphatic rings. The van der Waals surface area contributed by atoms with Crippen molar-refractivity contribution in [1.29, 1.82) is 0 Å². The van der Waals surface area contributed by atoms with Crippen LogP contribution in [0.3, 0.4) is 0 Å². The first kappa shape index (κ1) is 18.0. The summed E-state index contributed by atoms with van der Waals surface area (Å²) in [5, 5.41) is 1.11. The SMILES string of the molecule is [c]1ncsc1N1CC(c2ccccc2)N(c2ccccc2)C(c2ccccc2)C1. The molecular weight excluding hydrogens is 374 g/mol. The molecule has 5 rings (SSSR count). The Morgan fingerprint density at radius 1 is 0.724 bits per heavy atom. The monoisotopic (exact) mass is 396 g/mol. The van der Waals surface area contributed by atoms with Gasteiger partial charge in [0.25, 0.3) is 0 Å². The number of piperazine rings is 1. The highest BCUT2D eigenvalue weighted by atomic mass is 32.1. The summed E-state index contributed by atoms with van der Waals surface area (Å²) in [5.41, 5.74) is 5.77. The number of aromatic nitrogens is 1. The van der Waals surface area contributed by atoms with E-state index in [1.807, 2.05) is 5.51 Å². The van der Waals surface area contributed by atoms with E-state index >= 15 is 0 Å². The summed E-state index contributed by atoms with van der Waals surface area (Å²) in [6.45, 7) is 1.81. The van der Waals surface area contributed by atoms with Gasteiger partial charge < -0.3 is 9.80 Å². The van der Waals surface area contributed by atoms with Crippen molar-refractivity contribution in [1.82, 2.24) is 4.98 Å². The Labute approximate surface area is 175 Å². The summed E-state index contributed by atoms with van der Waals surface area (Å²) >= 11 is 1.66. The van der Waals surface area contributed by atoms with Crippen LogP contribution in [0.15, 0.2) is 96.5 Å². The average Bonchev–Trinajstić information content (AvgIpc) is 3.35. The molecule has 0 saturated carbocycles. The quantitative estimate of drug-likeness (QED) is 0.438. The van der Waals surface area contributed by atoms with Crippen molar-refractivity contribution < 1.29 is 0 Å². The smallest absolute Gasteiger partial charge is 0.126 e. The summed E-state index contributed by atoms with van der Waals surface area (Å²) in [6.07, 6.45) is 3.18. The fourth-order valence-corrected chi connectivity index (χ4v) is 4.83. The van der Waals surface area contributed by atoms with Crippen LogP contribution in [0.4, 0.5) is 10.7 Å². The zero-order chi connectivity index (χ0) is 19.5. The lowest BCUT2D eigenvalue weighted by molar-refractivity contribution is 0.456. The Balaban J connectivity index is 1.64. The molecule has 1 aromatic heterocycles. The van der Waals surface area contributed by atoms with Gasteiger partial charge >= 0.3 is 0 Å². The summed E-state index contributed by atoms with van der Waals surface area (Å²) in [5.74, 6) is 0. The Bertz CT molecular complexity index is 970. The van der Waals surface area contributed by atoms with E-state index in [1.165, 1.54) is 16.8 Å². The van der Waals surface area contributed by atoms with Crippen molar-refractivity contribution in [3.8, 4) is 0 Å². The average molecular weight is 397 g/mol. The molecule has 2 heterocycles. The molecule has 1 aliphatic heterocycles. The molecule has 3 aromatic carbocycles. The van der Waals surface area contributed by atoms with E-state index in [0.717, 1.165) is 18.1 Å². The number of hydrogen-bond acceptors (Lipinski definition) is 4. The zero-order valence-corrected chi connectivity index (χ0v) is 16.9. The van der Waals surface area contributed by atoms with Gasteiger partial charge in [-0.15, -0.1) is 11.3 Å². The summed E-state index contributed by atoms with van der Waals surface area (Å²) in [7, 11) is 0. The second kappa shape index (κ2) is 8.10. The van der Waals surface area contributed by atoms with Crippen LogP contribution in [-0.2, 0) is 0 Å². The molecule has 0 spiro atoms. The second-order valence-electron chi connectivity index (χ2n) is 7.27. The highest BCUT2D eigenvalue weighted by molar-refractivity contribution is 7.13. The van der Waals surface area contributed by atoms with E-state index in [9.17, 15) is 0 Å². The molecule has 3 nitrogen and oxygen atoms in total. The lowest BCUT2D eigenvalue weighted by Crippen LogP contribution is -2.50. The number of anilines is 2.